The van der Waals surface area contributed by atoms with E-state index in [1.807, 2.05) is 12.1 Å². The van der Waals surface area contributed by atoms with E-state index in [1.165, 1.54) is 0 Å². The van der Waals surface area contributed by atoms with Crippen LogP contribution in [0.25, 0.3) is 0 Å². The van der Waals surface area contributed by atoms with Gasteiger partial charge in [0.2, 0.25) is 12.5 Å². The van der Waals surface area contributed by atoms with Gasteiger partial charge in [0.25, 0.3) is 0 Å². The van der Waals surface area contributed by atoms with Crippen molar-refractivity contribution in [3.63, 3.8) is 0 Å². The number of hydrogen-bond donors (Lipinski definition) is 2. The van der Waals surface area contributed by atoms with Gasteiger partial charge in [-0.3, -0.25) is 4.90 Å². The molecule has 0 spiro atoms. The highest BCUT2D eigenvalue weighted by molar-refractivity contribution is 5.57. The second kappa shape index (κ2) is 4.33. The minimum absolute atomic E-state index is 0.179. The molecule has 3 N–H and O–H groups in total. The topological polar surface area (TPSA) is 68.0 Å². The molecule has 98 valence electrons. The van der Waals surface area contributed by atoms with Crippen molar-refractivity contribution in [1.82, 2.24) is 4.90 Å². The molecule has 2 atom stereocenters. The average Bonchev–Trinajstić information content (AvgIpc) is 2.96. The molecule has 1 aromatic carbocycles. The fourth-order valence-corrected chi connectivity index (χ4v) is 2.88. The Labute approximate surface area is 106 Å². The molecule has 5 heteroatoms. The van der Waals surface area contributed by atoms with E-state index in [9.17, 15) is 5.11 Å². The van der Waals surface area contributed by atoms with Crippen molar-refractivity contribution in [3.05, 3.63) is 17.7 Å². The molecule has 2 aliphatic heterocycles. The number of benzene rings is 1. The first kappa shape index (κ1) is 11.6. The van der Waals surface area contributed by atoms with Crippen molar-refractivity contribution in [2.75, 3.05) is 26.9 Å². The molecule has 2 aliphatic rings. The molecule has 0 bridgehead atoms. The Morgan fingerprint density at radius 1 is 1.44 bits per heavy atom. The summed E-state index contributed by atoms with van der Waals surface area (Å²) in [4.78, 5) is 2.23. The first-order valence-corrected chi connectivity index (χ1v) is 6.22. The van der Waals surface area contributed by atoms with Gasteiger partial charge in [0.1, 0.15) is 0 Å². The molecule has 2 unspecified atom stereocenters. The summed E-state index contributed by atoms with van der Waals surface area (Å²) < 4.78 is 10.6. The van der Waals surface area contributed by atoms with Gasteiger partial charge in [-0.2, -0.15) is 0 Å². The Morgan fingerprint density at radius 2 is 2.28 bits per heavy atom. The molecule has 0 aliphatic carbocycles. The van der Waals surface area contributed by atoms with Crippen molar-refractivity contribution in [2.24, 2.45) is 11.7 Å². The third-order valence-electron chi connectivity index (χ3n) is 3.87. The van der Waals surface area contributed by atoms with Crippen LogP contribution in [0.1, 0.15) is 18.0 Å². The van der Waals surface area contributed by atoms with Crippen molar-refractivity contribution in [2.45, 2.75) is 12.5 Å². The number of rotatable bonds is 2. The SMILES string of the molecule is CN1CC(CN)CC1c1ccc2c(c1O)OCO2. The molecule has 0 radical (unpaired) electrons. The number of ether oxygens (including phenoxy) is 2. The van der Waals surface area contributed by atoms with Crippen molar-refractivity contribution in [3.8, 4) is 17.2 Å². The molecule has 1 fully saturated rings. The van der Waals surface area contributed by atoms with Crippen LogP contribution in [0.4, 0.5) is 0 Å². The lowest BCUT2D eigenvalue weighted by atomic mass is 9.98. The summed E-state index contributed by atoms with van der Waals surface area (Å²) in [7, 11) is 2.06. The summed E-state index contributed by atoms with van der Waals surface area (Å²) in [5, 5.41) is 10.3. The van der Waals surface area contributed by atoms with Crippen molar-refractivity contribution >= 4 is 0 Å². The number of nitrogens with zero attached hydrogens (tertiary/aromatic N) is 1. The van der Waals surface area contributed by atoms with Crippen LogP contribution < -0.4 is 15.2 Å². The first-order valence-electron chi connectivity index (χ1n) is 6.22. The lowest BCUT2D eigenvalue weighted by Gasteiger charge is -2.21. The highest BCUT2D eigenvalue weighted by atomic mass is 16.7. The standard InChI is InChI=1S/C13H18N2O3/c1-15-6-8(5-14)4-10(15)9-2-3-11-13(12(9)16)18-7-17-11/h2-3,8,10,16H,4-7,14H2,1H3. The fourth-order valence-electron chi connectivity index (χ4n) is 2.88. The third-order valence-corrected chi connectivity index (χ3v) is 3.87. The highest BCUT2D eigenvalue weighted by Crippen LogP contribution is 2.47. The first-order chi connectivity index (χ1) is 8.70. The number of likely N-dealkylation sites (tertiary alicyclic amines) is 1. The number of aromatic hydroxyl groups is 1. The van der Waals surface area contributed by atoms with Crippen LogP contribution in [0.15, 0.2) is 12.1 Å². The Morgan fingerprint density at radius 3 is 3.00 bits per heavy atom. The van der Waals surface area contributed by atoms with Gasteiger partial charge in [0.15, 0.2) is 11.5 Å². The zero-order valence-corrected chi connectivity index (χ0v) is 10.4. The van der Waals surface area contributed by atoms with Crippen LogP contribution in [0.5, 0.6) is 17.2 Å². The molecule has 3 rings (SSSR count). The van der Waals surface area contributed by atoms with Crippen LogP contribution in [-0.4, -0.2) is 36.9 Å². The molecule has 1 saturated heterocycles. The van der Waals surface area contributed by atoms with Gasteiger partial charge in [0, 0.05) is 18.2 Å². The summed E-state index contributed by atoms with van der Waals surface area (Å²) >= 11 is 0. The normalized spacial score (nSPS) is 26.8. The smallest absolute Gasteiger partial charge is 0.231 e. The van der Waals surface area contributed by atoms with Gasteiger partial charge in [-0.05, 0) is 38.1 Å². The summed E-state index contributed by atoms with van der Waals surface area (Å²) in [5.74, 6) is 1.79. The van der Waals surface area contributed by atoms with Gasteiger partial charge in [-0.1, -0.05) is 0 Å². The summed E-state index contributed by atoms with van der Waals surface area (Å²) in [6, 6.07) is 3.98. The van der Waals surface area contributed by atoms with Crippen LogP contribution in [0.2, 0.25) is 0 Å². The maximum atomic E-state index is 10.3. The van der Waals surface area contributed by atoms with Crippen molar-refractivity contribution < 1.29 is 14.6 Å². The quantitative estimate of drug-likeness (QED) is 0.822. The summed E-state index contributed by atoms with van der Waals surface area (Å²) in [6.45, 7) is 1.83. The number of nitrogens with two attached hydrogens (primary N) is 1. The number of hydrogen-bond acceptors (Lipinski definition) is 5. The number of phenolic OH excluding ortho intramolecular Hbond substituents is 1. The number of fused-ring (bicyclic) bond motifs is 1. The number of phenols is 1. The largest absolute Gasteiger partial charge is 0.504 e. The molecule has 5 nitrogen and oxygen atoms in total. The van der Waals surface area contributed by atoms with E-state index in [1.54, 1.807) is 0 Å². The maximum absolute atomic E-state index is 10.3. The van der Waals surface area contributed by atoms with E-state index in [-0.39, 0.29) is 18.6 Å². The van der Waals surface area contributed by atoms with Crippen molar-refractivity contribution in [1.29, 1.82) is 0 Å². The van der Waals surface area contributed by atoms with Gasteiger partial charge in [-0.25, -0.2) is 0 Å². The summed E-state index contributed by atoms with van der Waals surface area (Å²) in [5.41, 5.74) is 6.63. The van der Waals surface area contributed by atoms with E-state index < -0.39 is 0 Å². The monoisotopic (exact) mass is 250 g/mol. The van der Waals surface area contributed by atoms with E-state index in [0.717, 1.165) is 18.5 Å². The predicted octanol–water partition coefficient (Wildman–Crippen LogP) is 1.07. The van der Waals surface area contributed by atoms with E-state index in [4.69, 9.17) is 15.2 Å². The Kier molecular flexibility index (Phi) is 2.80. The van der Waals surface area contributed by atoms with Crippen LogP contribution in [0, 0.1) is 5.92 Å². The Balaban J connectivity index is 1.93. The molecule has 1 aromatic rings. The average molecular weight is 250 g/mol. The van der Waals surface area contributed by atoms with Crippen LogP contribution in [0.3, 0.4) is 0 Å². The lowest BCUT2D eigenvalue weighted by Crippen LogP contribution is -2.20. The summed E-state index contributed by atoms with van der Waals surface area (Å²) in [6.07, 6.45) is 0.972. The van der Waals surface area contributed by atoms with Gasteiger partial charge >= 0.3 is 0 Å². The van der Waals surface area contributed by atoms with E-state index in [0.29, 0.717) is 24.0 Å². The van der Waals surface area contributed by atoms with Gasteiger partial charge in [0.05, 0.1) is 0 Å². The van der Waals surface area contributed by atoms with E-state index in [2.05, 4.69) is 11.9 Å². The minimum atomic E-state index is 0.179. The zero-order valence-electron chi connectivity index (χ0n) is 10.4. The molecular formula is C13H18N2O3. The molecule has 0 amide bonds. The lowest BCUT2D eigenvalue weighted by molar-refractivity contribution is 0.171. The molecule has 0 saturated carbocycles. The van der Waals surface area contributed by atoms with Gasteiger partial charge in [-0.15, -0.1) is 0 Å². The third kappa shape index (κ3) is 1.71. The maximum Gasteiger partial charge on any atom is 0.231 e. The molecule has 0 aromatic heterocycles. The predicted molar refractivity (Wildman–Crippen MR) is 66.8 cm³/mol. The second-order valence-electron chi connectivity index (χ2n) is 5.03. The second-order valence-corrected chi connectivity index (χ2v) is 5.03. The minimum Gasteiger partial charge on any atom is -0.504 e. The van der Waals surface area contributed by atoms with Crippen LogP contribution in [-0.2, 0) is 0 Å². The van der Waals surface area contributed by atoms with Crippen LogP contribution >= 0.6 is 0 Å². The molecular weight excluding hydrogens is 232 g/mol. The Hall–Kier alpha value is -1.46. The Bertz CT molecular complexity index is 464. The van der Waals surface area contributed by atoms with E-state index >= 15 is 0 Å². The fraction of sp³-hybridized carbons (Fsp3) is 0.538. The molecule has 2 heterocycles. The molecule has 18 heavy (non-hydrogen) atoms. The zero-order chi connectivity index (χ0) is 12.7. The highest BCUT2D eigenvalue weighted by Gasteiger charge is 2.33. The van der Waals surface area contributed by atoms with Gasteiger partial charge < -0.3 is 20.3 Å².